The Labute approximate surface area is 136 Å². The van der Waals surface area contributed by atoms with Crippen LogP contribution in [-0.2, 0) is 0 Å². The smallest absolute Gasteiger partial charge is 0.275 e. The van der Waals surface area contributed by atoms with Gasteiger partial charge in [0.05, 0.1) is 5.69 Å². The minimum absolute atomic E-state index is 0.203. The molecule has 6 nitrogen and oxygen atoms in total. The third kappa shape index (κ3) is 3.36. The van der Waals surface area contributed by atoms with Crippen molar-refractivity contribution in [2.24, 2.45) is 0 Å². The molecule has 0 radical (unpaired) electrons. The van der Waals surface area contributed by atoms with E-state index in [9.17, 15) is 4.79 Å². The first-order valence-electron chi connectivity index (χ1n) is 8.15. The van der Waals surface area contributed by atoms with E-state index in [1.54, 1.807) is 0 Å². The number of amides is 1. The minimum atomic E-state index is -0.231. The Morgan fingerprint density at radius 2 is 1.83 bits per heavy atom. The van der Waals surface area contributed by atoms with Gasteiger partial charge in [0.25, 0.3) is 5.91 Å². The Hall–Kier alpha value is -2.37. The summed E-state index contributed by atoms with van der Waals surface area (Å²) in [6.07, 6.45) is 5.62. The van der Waals surface area contributed by atoms with Gasteiger partial charge in [0.1, 0.15) is 0 Å². The third-order valence-corrected chi connectivity index (χ3v) is 4.31. The van der Waals surface area contributed by atoms with Crippen molar-refractivity contribution < 1.29 is 4.79 Å². The second-order valence-corrected chi connectivity index (χ2v) is 6.39. The number of rotatable bonds is 3. The fourth-order valence-corrected chi connectivity index (χ4v) is 3.22. The number of carbonyl (C=O) groups excluding carboxylic acids is 1. The van der Waals surface area contributed by atoms with Gasteiger partial charge in [-0.05, 0) is 49.9 Å². The van der Waals surface area contributed by atoms with E-state index in [0.717, 1.165) is 42.5 Å². The molecule has 3 rings (SSSR count). The molecule has 0 unspecified atom stereocenters. The van der Waals surface area contributed by atoms with Crippen molar-refractivity contribution in [3.8, 4) is 5.69 Å². The molecule has 0 atom stereocenters. The molecular weight excluding hydrogens is 290 g/mol. The van der Waals surface area contributed by atoms with Gasteiger partial charge < -0.3 is 11.1 Å². The van der Waals surface area contributed by atoms with Gasteiger partial charge in [-0.15, -0.1) is 5.10 Å². The maximum atomic E-state index is 12.4. The van der Waals surface area contributed by atoms with Crippen LogP contribution in [-0.4, -0.2) is 26.9 Å². The fraction of sp³-hybridized carbons (Fsp3) is 0.471. The summed E-state index contributed by atoms with van der Waals surface area (Å²) in [7, 11) is 0. The molecule has 122 valence electrons. The number of hydrogen-bond donors (Lipinski definition) is 2. The SMILES string of the molecule is Cc1cc(C)cc(-n2nnc(C(=O)NC3CCCCC3)c2N)c1. The van der Waals surface area contributed by atoms with Crippen LogP contribution in [0.4, 0.5) is 5.82 Å². The summed E-state index contributed by atoms with van der Waals surface area (Å²) in [6, 6.07) is 6.25. The summed E-state index contributed by atoms with van der Waals surface area (Å²) in [5.41, 5.74) is 9.37. The van der Waals surface area contributed by atoms with E-state index < -0.39 is 0 Å². The van der Waals surface area contributed by atoms with Gasteiger partial charge in [-0.1, -0.05) is 30.5 Å². The van der Waals surface area contributed by atoms with Crippen molar-refractivity contribution in [2.45, 2.75) is 52.0 Å². The zero-order valence-corrected chi connectivity index (χ0v) is 13.7. The predicted octanol–water partition coefficient (Wildman–Crippen LogP) is 2.53. The van der Waals surface area contributed by atoms with Gasteiger partial charge in [0.15, 0.2) is 11.5 Å². The number of nitrogen functional groups attached to an aromatic ring is 1. The highest BCUT2D eigenvalue weighted by Gasteiger charge is 2.22. The van der Waals surface area contributed by atoms with Gasteiger partial charge in [-0.2, -0.15) is 4.68 Å². The Morgan fingerprint density at radius 1 is 1.17 bits per heavy atom. The fourth-order valence-electron chi connectivity index (χ4n) is 3.22. The molecule has 1 heterocycles. The van der Waals surface area contributed by atoms with Crippen molar-refractivity contribution in [3.63, 3.8) is 0 Å². The first-order chi connectivity index (χ1) is 11.0. The van der Waals surface area contributed by atoms with Gasteiger partial charge in [-0.3, -0.25) is 4.79 Å². The van der Waals surface area contributed by atoms with Gasteiger partial charge in [-0.25, -0.2) is 0 Å². The van der Waals surface area contributed by atoms with Crippen molar-refractivity contribution in [1.29, 1.82) is 0 Å². The molecule has 0 bridgehead atoms. The third-order valence-electron chi connectivity index (χ3n) is 4.31. The molecule has 1 aliphatic carbocycles. The number of nitrogens with zero attached hydrogens (tertiary/aromatic N) is 3. The van der Waals surface area contributed by atoms with Crippen LogP contribution < -0.4 is 11.1 Å². The van der Waals surface area contributed by atoms with Crippen molar-refractivity contribution in [2.75, 3.05) is 5.73 Å². The lowest BCUT2D eigenvalue weighted by atomic mass is 9.95. The molecule has 0 saturated heterocycles. The van der Waals surface area contributed by atoms with Crippen molar-refractivity contribution in [1.82, 2.24) is 20.3 Å². The molecule has 1 amide bonds. The number of aromatic nitrogens is 3. The molecule has 2 aromatic rings. The minimum Gasteiger partial charge on any atom is -0.382 e. The number of aryl methyl sites for hydroxylation is 2. The molecule has 1 fully saturated rings. The van der Waals surface area contributed by atoms with E-state index in [0.29, 0.717) is 0 Å². The molecule has 0 aliphatic heterocycles. The van der Waals surface area contributed by atoms with Crippen LogP contribution in [0, 0.1) is 13.8 Å². The summed E-state index contributed by atoms with van der Waals surface area (Å²) in [5.74, 6) is 0.0494. The van der Waals surface area contributed by atoms with Crippen LogP contribution >= 0.6 is 0 Å². The normalized spacial score (nSPS) is 15.6. The largest absolute Gasteiger partial charge is 0.382 e. The number of carbonyl (C=O) groups is 1. The second-order valence-electron chi connectivity index (χ2n) is 6.39. The van der Waals surface area contributed by atoms with Crippen molar-refractivity contribution in [3.05, 3.63) is 35.0 Å². The lowest BCUT2D eigenvalue weighted by Gasteiger charge is -2.22. The van der Waals surface area contributed by atoms with E-state index in [2.05, 4.69) is 21.7 Å². The van der Waals surface area contributed by atoms with Gasteiger partial charge in [0, 0.05) is 6.04 Å². The molecular formula is C17H23N5O. The molecule has 0 spiro atoms. The summed E-state index contributed by atoms with van der Waals surface area (Å²) in [6.45, 7) is 4.03. The maximum absolute atomic E-state index is 12.4. The van der Waals surface area contributed by atoms with Crippen LogP contribution in [0.1, 0.15) is 53.7 Å². The van der Waals surface area contributed by atoms with Crippen LogP contribution in [0.5, 0.6) is 0 Å². The number of benzene rings is 1. The molecule has 1 aromatic carbocycles. The first-order valence-corrected chi connectivity index (χ1v) is 8.15. The van der Waals surface area contributed by atoms with Crippen LogP contribution in [0.2, 0.25) is 0 Å². The van der Waals surface area contributed by atoms with E-state index in [1.807, 2.05) is 26.0 Å². The molecule has 1 aliphatic rings. The van der Waals surface area contributed by atoms with Crippen molar-refractivity contribution >= 4 is 11.7 Å². The molecule has 1 saturated carbocycles. The number of anilines is 1. The molecule has 1 aromatic heterocycles. The Morgan fingerprint density at radius 3 is 2.48 bits per heavy atom. The van der Waals surface area contributed by atoms with Crippen LogP contribution in [0.25, 0.3) is 5.69 Å². The number of nitrogens with two attached hydrogens (primary N) is 1. The first kappa shape index (κ1) is 15.5. The summed E-state index contributed by atoms with van der Waals surface area (Å²) >= 11 is 0. The average molecular weight is 313 g/mol. The molecule has 6 heteroatoms. The Kier molecular flexibility index (Phi) is 4.32. The second kappa shape index (κ2) is 6.40. The summed E-state index contributed by atoms with van der Waals surface area (Å²) in [5, 5.41) is 11.1. The topological polar surface area (TPSA) is 85.8 Å². The monoisotopic (exact) mass is 313 g/mol. The lowest BCUT2D eigenvalue weighted by molar-refractivity contribution is 0.0923. The maximum Gasteiger partial charge on any atom is 0.275 e. The highest BCUT2D eigenvalue weighted by atomic mass is 16.2. The van der Waals surface area contributed by atoms with E-state index in [1.165, 1.54) is 11.1 Å². The molecule has 3 N–H and O–H groups in total. The zero-order chi connectivity index (χ0) is 16.4. The van der Waals surface area contributed by atoms with Crippen LogP contribution in [0.15, 0.2) is 18.2 Å². The Balaban J connectivity index is 1.82. The van der Waals surface area contributed by atoms with Gasteiger partial charge in [0.2, 0.25) is 0 Å². The number of hydrogen-bond acceptors (Lipinski definition) is 4. The summed E-state index contributed by atoms with van der Waals surface area (Å²) < 4.78 is 1.52. The van der Waals surface area contributed by atoms with Gasteiger partial charge >= 0.3 is 0 Å². The molecule has 23 heavy (non-hydrogen) atoms. The summed E-state index contributed by atoms with van der Waals surface area (Å²) in [4.78, 5) is 12.4. The van der Waals surface area contributed by atoms with E-state index in [-0.39, 0.29) is 23.5 Å². The lowest BCUT2D eigenvalue weighted by Crippen LogP contribution is -2.36. The highest BCUT2D eigenvalue weighted by molar-refractivity contribution is 5.96. The van der Waals surface area contributed by atoms with E-state index >= 15 is 0 Å². The zero-order valence-electron chi connectivity index (χ0n) is 13.7. The van der Waals surface area contributed by atoms with E-state index in [4.69, 9.17) is 5.73 Å². The predicted molar refractivity (Wildman–Crippen MR) is 89.6 cm³/mol. The number of nitrogens with one attached hydrogen (secondary N) is 1. The Bertz CT molecular complexity index is 696. The van der Waals surface area contributed by atoms with Crippen LogP contribution in [0.3, 0.4) is 0 Å². The quantitative estimate of drug-likeness (QED) is 0.911. The standard InChI is InChI=1S/C17H23N5O/c1-11-8-12(2)10-14(9-11)22-16(18)15(20-21-22)17(23)19-13-6-4-3-5-7-13/h8-10,13H,3-7,18H2,1-2H3,(H,19,23). The highest BCUT2D eigenvalue weighted by Crippen LogP contribution is 2.20. The average Bonchev–Trinajstić information content (AvgIpc) is 2.89.